The minimum absolute atomic E-state index is 0.0200. The first kappa shape index (κ1) is 12.2. The summed E-state index contributed by atoms with van der Waals surface area (Å²) in [6.07, 6.45) is 2.26. The normalized spacial score (nSPS) is 36.7. The van der Waals surface area contributed by atoms with Gasteiger partial charge in [-0.1, -0.05) is 0 Å². The van der Waals surface area contributed by atoms with E-state index in [0.29, 0.717) is 12.3 Å². The van der Waals surface area contributed by atoms with Gasteiger partial charge in [0.05, 0.1) is 6.34 Å². The van der Waals surface area contributed by atoms with Crippen LogP contribution in [-0.4, -0.2) is 64.5 Å². The smallest absolute Gasteiger partial charge is 0.259 e. The van der Waals surface area contributed by atoms with Crippen molar-refractivity contribution in [3.63, 3.8) is 0 Å². The summed E-state index contributed by atoms with van der Waals surface area (Å²) in [5.41, 5.74) is 0. The number of nitrogens with zero attached hydrogens (tertiary/aromatic N) is 3. The van der Waals surface area contributed by atoms with E-state index in [1.807, 2.05) is 0 Å². The van der Waals surface area contributed by atoms with E-state index in [4.69, 9.17) is 5.41 Å². The van der Waals surface area contributed by atoms with Gasteiger partial charge in [-0.2, -0.15) is 4.99 Å². The Balaban J connectivity index is 1.82. The van der Waals surface area contributed by atoms with Crippen LogP contribution in [0, 0.1) is 17.2 Å². The molecule has 4 N–H and O–H groups in total. The molecule has 2 heterocycles. The van der Waals surface area contributed by atoms with Gasteiger partial charge in [-0.15, -0.1) is 0 Å². The predicted octanol–water partition coefficient (Wildman–Crippen LogP) is -1.85. The number of nitrogens with one attached hydrogen (secondary N) is 2. The Morgan fingerprint density at radius 1 is 1.47 bits per heavy atom. The minimum Gasteiger partial charge on any atom is -0.396 e. The van der Waals surface area contributed by atoms with Crippen LogP contribution in [0.2, 0.25) is 0 Å². The van der Waals surface area contributed by atoms with Crippen molar-refractivity contribution in [3.05, 3.63) is 0 Å². The summed E-state index contributed by atoms with van der Waals surface area (Å²) >= 11 is 0. The van der Waals surface area contributed by atoms with Crippen molar-refractivity contribution < 1.29 is 15.0 Å². The van der Waals surface area contributed by atoms with Crippen LogP contribution in [0.5, 0.6) is 0 Å². The summed E-state index contributed by atoms with van der Waals surface area (Å²) in [7, 11) is 0. The first-order chi connectivity index (χ1) is 9.15. The van der Waals surface area contributed by atoms with Crippen LogP contribution >= 0.6 is 0 Å². The maximum atomic E-state index is 11.7. The zero-order valence-corrected chi connectivity index (χ0v) is 10.2. The molecule has 0 radical (unpaired) electrons. The zero-order valence-electron chi connectivity index (χ0n) is 10.2. The average molecular weight is 265 g/mol. The van der Waals surface area contributed by atoms with Gasteiger partial charge in [0.25, 0.3) is 5.91 Å². The molecule has 1 fully saturated rings. The van der Waals surface area contributed by atoms with E-state index in [2.05, 4.69) is 15.3 Å². The molecule has 8 nitrogen and oxygen atoms in total. The Labute approximate surface area is 109 Å². The molecule has 3 aliphatic rings. The van der Waals surface area contributed by atoms with Crippen molar-refractivity contribution in [3.8, 4) is 0 Å². The fourth-order valence-electron chi connectivity index (χ4n) is 2.87. The summed E-state index contributed by atoms with van der Waals surface area (Å²) in [6.45, 7) is 0.0146. The minimum atomic E-state index is -0.693. The molecule has 1 saturated carbocycles. The van der Waals surface area contributed by atoms with Gasteiger partial charge in [0, 0.05) is 25.2 Å². The van der Waals surface area contributed by atoms with Gasteiger partial charge in [0.2, 0.25) is 5.96 Å². The van der Waals surface area contributed by atoms with E-state index in [0.717, 1.165) is 0 Å². The summed E-state index contributed by atoms with van der Waals surface area (Å²) in [4.78, 5) is 21.5. The van der Waals surface area contributed by atoms with E-state index < -0.39 is 6.04 Å². The molecule has 0 saturated heterocycles. The molecule has 8 heteroatoms. The molecule has 4 atom stereocenters. The van der Waals surface area contributed by atoms with E-state index in [-0.39, 0.29) is 43.0 Å². The first-order valence-electron chi connectivity index (χ1n) is 6.17. The second kappa shape index (κ2) is 4.39. The molecule has 0 aromatic heterocycles. The first-order valence-corrected chi connectivity index (χ1v) is 6.17. The number of rotatable bonds is 3. The topological polar surface area (TPSA) is 121 Å². The second-order valence-electron chi connectivity index (χ2n) is 4.97. The van der Waals surface area contributed by atoms with Gasteiger partial charge in [0.15, 0.2) is 6.04 Å². The summed E-state index contributed by atoms with van der Waals surface area (Å²) in [5, 5.41) is 28.3. The second-order valence-corrected chi connectivity index (χ2v) is 4.97. The molecular weight excluding hydrogens is 250 g/mol. The van der Waals surface area contributed by atoms with Gasteiger partial charge >= 0.3 is 0 Å². The van der Waals surface area contributed by atoms with Gasteiger partial charge in [-0.05, 0) is 12.3 Å². The summed E-state index contributed by atoms with van der Waals surface area (Å²) in [5.74, 6) is -0.0942. The van der Waals surface area contributed by atoms with Gasteiger partial charge in [0.1, 0.15) is 5.84 Å². The quantitative estimate of drug-likeness (QED) is 0.478. The Morgan fingerprint density at radius 3 is 2.95 bits per heavy atom. The molecule has 0 spiro atoms. The van der Waals surface area contributed by atoms with Gasteiger partial charge < -0.3 is 15.1 Å². The molecule has 0 aromatic rings. The average Bonchev–Trinajstić information content (AvgIpc) is 2.73. The lowest BCUT2D eigenvalue weighted by Gasteiger charge is -2.47. The van der Waals surface area contributed by atoms with Crippen LogP contribution in [0.15, 0.2) is 9.98 Å². The van der Waals surface area contributed by atoms with E-state index in [1.165, 1.54) is 0 Å². The van der Waals surface area contributed by atoms with Crippen LogP contribution in [-0.2, 0) is 4.79 Å². The Bertz CT molecular complexity index is 489. The Morgan fingerprint density at radius 2 is 2.26 bits per heavy atom. The molecule has 1 aliphatic carbocycles. The fourth-order valence-corrected chi connectivity index (χ4v) is 2.87. The molecule has 0 aromatic carbocycles. The highest BCUT2D eigenvalue weighted by Gasteiger charge is 2.48. The highest BCUT2D eigenvalue weighted by molar-refractivity contribution is 6.23. The highest BCUT2D eigenvalue weighted by atomic mass is 16.3. The lowest BCUT2D eigenvalue weighted by Crippen LogP contribution is -2.58. The van der Waals surface area contributed by atoms with Crippen molar-refractivity contribution >= 4 is 24.0 Å². The molecular formula is C11H15N5O3. The maximum Gasteiger partial charge on any atom is 0.259 e. The molecule has 19 heavy (non-hydrogen) atoms. The van der Waals surface area contributed by atoms with Crippen LogP contribution in [0.3, 0.4) is 0 Å². The van der Waals surface area contributed by atoms with E-state index in [1.54, 1.807) is 11.2 Å². The number of hydrogen-bond donors (Lipinski definition) is 4. The lowest BCUT2D eigenvalue weighted by atomic mass is 9.69. The van der Waals surface area contributed by atoms with Gasteiger partial charge in [-0.25, -0.2) is 0 Å². The number of aliphatic hydroxyl groups excluding tert-OH is 2. The molecule has 1 amide bonds. The maximum absolute atomic E-state index is 11.7. The van der Waals surface area contributed by atoms with Gasteiger partial charge in [-0.3, -0.25) is 20.5 Å². The monoisotopic (exact) mass is 265 g/mol. The molecule has 102 valence electrons. The van der Waals surface area contributed by atoms with Crippen LogP contribution < -0.4 is 5.32 Å². The number of amides is 1. The SMILES string of the molecule is N=C1N=C2C(N=CN2C2CC(CO)C2CO)C(=O)N1. The standard InChI is InChI=1S/C11H15N5O3/c12-11-14-9-8(10(19)15-11)13-4-16(9)7-1-5(2-17)6(7)3-18/h4-8,17-18H,1-3H2,(H2,12,15,19). The van der Waals surface area contributed by atoms with Crippen LogP contribution in [0.4, 0.5) is 0 Å². The van der Waals surface area contributed by atoms with Crippen LogP contribution in [0.1, 0.15) is 6.42 Å². The summed E-state index contributed by atoms with van der Waals surface area (Å²) < 4.78 is 0. The predicted molar refractivity (Wildman–Crippen MR) is 67.0 cm³/mol. The van der Waals surface area contributed by atoms with E-state index >= 15 is 0 Å². The number of carbonyl (C=O) groups is 1. The highest BCUT2D eigenvalue weighted by Crippen LogP contribution is 2.38. The third-order valence-corrected chi connectivity index (χ3v) is 4.01. The lowest BCUT2D eigenvalue weighted by molar-refractivity contribution is -0.119. The number of aliphatic hydroxyl groups is 2. The zero-order chi connectivity index (χ0) is 13.6. The molecule has 2 aliphatic heterocycles. The molecule has 4 unspecified atom stereocenters. The molecule has 3 rings (SSSR count). The number of hydrogen-bond acceptors (Lipinski definition) is 6. The van der Waals surface area contributed by atoms with Crippen LogP contribution in [0.25, 0.3) is 0 Å². The van der Waals surface area contributed by atoms with Crippen molar-refractivity contribution in [1.82, 2.24) is 10.2 Å². The number of amidine groups is 1. The third kappa shape index (κ3) is 1.75. The number of fused-ring (bicyclic) bond motifs is 1. The number of carbonyl (C=O) groups excluding carboxylic acids is 1. The van der Waals surface area contributed by atoms with Crippen molar-refractivity contribution in [2.24, 2.45) is 21.8 Å². The van der Waals surface area contributed by atoms with Crippen molar-refractivity contribution in [2.45, 2.75) is 18.5 Å². The molecule has 0 bridgehead atoms. The van der Waals surface area contributed by atoms with Crippen molar-refractivity contribution in [1.29, 1.82) is 5.41 Å². The third-order valence-electron chi connectivity index (χ3n) is 4.01. The Kier molecular flexibility index (Phi) is 2.83. The summed E-state index contributed by atoms with van der Waals surface area (Å²) in [6, 6.07) is -0.713. The largest absolute Gasteiger partial charge is 0.396 e. The van der Waals surface area contributed by atoms with E-state index in [9.17, 15) is 15.0 Å². The number of guanidine groups is 1. The van der Waals surface area contributed by atoms with Crippen molar-refractivity contribution in [2.75, 3.05) is 13.2 Å². The number of aliphatic imine (C=N–C) groups is 2. The Hall–Kier alpha value is -1.80. The fraction of sp³-hybridized carbons (Fsp3) is 0.636.